The number of amides is 1. The van der Waals surface area contributed by atoms with Crippen molar-refractivity contribution in [2.45, 2.75) is 31.7 Å². The van der Waals surface area contributed by atoms with E-state index in [1.54, 1.807) is 12.1 Å². The van der Waals surface area contributed by atoms with E-state index in [0.29, 0.717) is 17.4 Å². The topological polar surface area (TPSA) is 71.3 Å². The fraction of sp³-hybridized carbons (Fsp3) is 0.318. The largest absolute Gasteiger partial charge is 0.339 e. The van der Waals surface area contributed by atoms with E-state index in [1.165, 1.54) is 12.1 Å². The Morgan fingerprint density at radius 3 is 2.45 bits per heavy atom. The lowest BCUT2D eigenvalue weighted by Gasteiger charge is -2.36. The molecule has 150 valence electrons. The van der Waals surface area contributed by atoms with Crippen molar-refractivity contribution in [2.24, 2.45) is 0 Å². The molecule has 1 atom stereocenters. The highest BCUT2D eigenvalue weighted by atomic mass is 19.1. The first-order valence-electron chi connectivity index (χ1n) is 9.76. The number of carbonyl (C=O) groups is 1. The van der Waals surface area contributed by atoms with Crippen molar-refractivity contribution in [2.75, 3.05) is 18.4 Å². The second kappa shape index (κ2) is 8.53. The predicted molar refractivity (Wildman–Crippen MR) is 107 cm³/mol. The highest BCUT2D eigenvalue weighted by Gasteiger charge is 2.33. The van der Waals surface area contributed by atoms with Crippen LogP contribution in [0.5, 0.6) is 0 Å². The molecule has 2 heterocycles. The van der Waals surface area contributed by atoms with Gasteiger partial charge in [-0.25, -0.2) is 4.39 Å². The minimum absolute atomic E-state index is 0.130. The van der Waals surface area contributed by atoms with Crippen LogP contribution >= 0.6 is 0 Å². The van der Waals surface area contributed by atoms with E-state index in [0.717, 1.165) is 31.5 Å². The van der Waals surface area contributed by atoms with Gasteiger partial charge in [0, 0.05) is 11.6 Å². The standard InChI is InChI=1S/C22H23FN4O2/c1-15-24-22(29-26-15)17-11-13-27(14-12-17)20(16-5-3-2-4-6-16)21(28)25-19-9-7-18(23)8-10-19/h2-10,17,20H,11-14H2,1H3,(H,25,28)/t20-/m0/s1. The van der Waals surface area contributed by atoms with Crippen LogP contribution in [0.25, 0.3) is 0 Å². The number of nitrogens with one attached hydrogen (secondary N) is 1. The van der Waals surface area contributed by atoms with Crippen LogP contribution in [0.3, 0.4) is 0 Å². The number of hydrogen-bond acceptors (Lipinski definition) is 5. The van der Waals surface area contributed by atoms with Gasteiger partial charge in [0.05, 0.1) is 0 Å². The Bertz CT molecular complexity index is 950. The van der Waals surface area contributed by atoms with Crippen molar-refractivity contribution < 1.29 is 13.7 Å². The highest BCUT2D eigenvalue weighted by molar-refractivity contribution is 5.95. The Morgan fingerprint density at radius 1 is 1.14 bits per heavy atom. The summed E-state index contributed by atoms with van der Waals surface area (Å²) in [5.41, 5.74) is 1.51. The van der Waals surface area contributed by atoms with Crippen molar-refractivity contribution in [1.82, 2.24) is 15.0 Å². The zero-order valence-corrected chi connectivity index (χ0v) is 16.2. The lowest BCUT2D eigenvalue weighted by atomic mass is 9.93. The van der Waals surface area contributed by atoms with Gasteiger partial charge in [0.15, 0.2) is 5.82 Å². The summed E-state index contributed by atoms with van der Waals surface area (Å²) in [6, 6.07) is 15.1. The number of hydrogen-bond donors (Lipinski definition) is 1. The van der Waals surface area contributed by atoms with Crippen LogP contribution in [0.15, 0.2) is 59.1 Å². The number of nitrogens with zero attached hydrogens (tertiary/aromatic N) is 3. The van der Waals surface area contributed by atoms with Crippen molar-refractivity contribution in [3.8, 4) is 0 Å². The van der Waals surface area contributed by atoms with Gasteiger partial charge in [-0.2, -0.15) is 4.98 Å². The first-order valence-corrected chi connectivity index (χ1v) is 9.76. The van der Waals surface area contributed by atoms with Gasteiger partial charge in [-0.15, -0.1) is 0 Å². The minimum atomic E-state index is -0.424. The third-order valence-corrected chi connectivity index (χ3v) is 5.26. The summed E-state index contributed by atoms with van der Waals surface area (Å²) in [5, 5.41) is 6.81. The van der Waals surface area contributed by atoms with E-state index in [2.05, 4.69) is 20.4 Å². The number of benzene rings is 2. The number of carbonyl (C=O) groups excluding carboxylic acids is 1. The second-order valence-electron chi connectivity index (χ2n) is 7.30. The molecule has 1 N–H and O–H groups in total. The van der Waals surface area contributed by atoms with Gasteiger partial charge in [-0.05, 0) is 62.7 Å². The fourth-order valence-corrected chi connectivity index (χ4v) is 3.79. The molecule has 4 rings (SSSR count). The van der Waals surface area contributed by atoms with E-state index >= 15 is 0 Å². The van der Waals surface area contributed by atoms with Crippen LogP contribution < -0.4 is 5.32 Å². The maximum Gasteiger partial charge on any atom is 0.246 e. The molecule has 0 bridgehead atoms. The Labute approximate surface area is 168 Å². The molecule has 0 unspecified atom stereocenters. The summed E-state index contributed by atoms with van der Waals surface area (Å²) in [5.74, 6) is 1.07. The number of anilines is 1. The molecule has 2 aromatic carbocycles. The van der Waals surface area contributed by atoms with Crippen LogP contribution in [0.1, 0.15) is 42.1 Å². The maximum absolute atomic E-state index is 13.2. The van der Waals surface area contributed by atoms with E-state index in [-0.39, 0.29) is 17.6 Å². The summed E-state index contributed by atoms with van der Waals surface area (Å²) in [7, 11) is 0. The number of likely N-dealkylation sites (tertiary alicyclic amines) is 1. The minimum Gasteiger partial charge on any atom is -0.339 e. The van der Waals surface area contributed by atoms with Gasteiger partial charge in [0.2, 0.25) is 11.8 Å². The molecule has 7 heteroatoms. The second-order valence-corrected chi connectivity index (χ2v) is 7.30. The quantitative estimate of drug-likeness (QED) is 0.706. The molecule has 3 aromatic rings. The molecule has 0 aliphatic carbocycles. The van der Waals surface area contributed by atoms with Gasteiger partial charge in [0.1, 0.15) is 11.9 Å². The Balaban J connectivity index is 1.50. The molecule has 1 aliphatic heterocycles. The number of aryl methyl sites for hydroxylation is 1. The number of halogens is 1. The number of piperidine rings is 1. The van der Waals surface area contributed by atoms with E-state index < -0.39 is 6.04 Å². The van der Waals surface area contributed by atoms with Gasteiger partial charge in [-0.3, -0.25) is 9.69 Å². The lowest BCUT2D eigenvalue weighted by Crippen LogP contribution is -2.41. The lowest BCUT2D eigenvalue weighted by molar-refractivity contribution is -0.122. The molecule has 29 heavy (non-hydrogen) atoms. The average Bonchev–Trinajstić information content (AvgIpc) is 3.18. The molecule has 1 fully saturated rings. The fourth-order valence-electron chi connectivity index (χ4n) is 3.79. The van der Waals surface area contributed by atoms with Crippen molar-refractivity contribution >= 4 is 11.6 Å². The zero-order chi connectivity index (χ0) is 20.2. The Morgan fingerprint density at radius 2 is 1.83 bits per heavy atom. The van der Waals surface area contributed by atoms with Crippen LogP contribution in [-0.4, -0.2) is 34.0 Å². The molecule has 0 radical (unpaired) electrons. The van der Waals surface area contributed by atoms with Crippen molar-refractivity contribution in [1.29, 1.82) is 0 Å². The predicted octanol–water partition coefficient (Wildman–Crippen LogP) is 4.08. The molecule has 1 amide bonds. The van der Waals surface area contributed by atoms with Gasteiger partial charge >= 0.3 is 0 Å². The molecular formula is C22H23FN4O2. The van der Waals surface area contributed by atoms with Gasteiger partial charge < -0.3 is 9.84 Å². The third-order valence-electron chi connectivity index (χ3n) is 5.26. The Hall–Kier alpha value is -3.06. The molecule has 1 aromatic heterocycles. The SMILES string of the molecule is Cc1noc(C2CCN([C@H](C(=O)Nc3ccc(F)cc3)c3ccccc3)CC2)n1. The zero-order valence-electron chi connectivity index (χ0n) is 16.2. The summed E-state index contributed by atoms with van der Waals surface area (Å²) >= 11 is 0. The summed E-state index contributed by atoms with van der Waals surface area (Å²) in [6.07, 6.45) is 1.68. The molecule has 0 saturated carbocycles. The van der Waals surface area contributed by atoms with Crippen LogP contribution in [0.4, 0.5) is 10.1 Å². The van der Waals surface area contributed by atoms with Gasteiger partial charge in [-0.1, -0.05) is 35.5 Å². The smallest absolute Gasteiger partial charge is 0.246 e. The number of rotatable bonds is 5. The molecule has 6 nitrogen and oxygen atoms in total. The Kier molecular flexibility index (Phi) is 5.67. The third kappa shape index (κ3) is 4.51. The average molecular weight is 394 g/mol. The maximum atomic E-state index is 13.2. The first kappa shape index (κ1) is 19.3. The van der Waals surface area contributed by atoms with Gasteiger partial charge in [0.25, 0.3) is 0 Å². The van der Waals surface area contributed by atoms with E-state index in [4.69, 9.17) is 4.52 Å². The molecular weight excluding hydrogens is 371 g/mol. The van der Waals surface area contributed by atoms with Crippen molar-refractivity contribution in [3.05, 3.63) is 77.7 Å². The summed E-state index contributed by atoms with van der Waals surface area (Å²) in [6.45, 7) is 3.29. The first-order chi connectivity index (χ1) is 14.1. The van der Waals surface area contributed by atoms with Crippen LogP contribution in [0.2, 0.25) is 0 Å². The van der Waals surface area contributed by atoms with Crippen molar-refractivity contribution in [3.63, 3.8) is 0 Å². The molecule has 1 saturated heterocycles. The summed E-state index contributed by atoms with van der Waals surface area (Å²) in [4.78, 5) is 19.7. The van der Waals surface area contributed by atoms with Crippen LogP contribution in [0, 0.1) is 12.7 Å². The monoisotopic (exact) mass is 394 g/mol. The highest BCUT2D eigenvalue weighted by Crippen LogP contribution is 2.32. The van der Waals surface area contributed by atoms with Crippen LogP contribution in [-0.2, 0) is 4.79 Å². The normalized spacial score (nSPS) is 16.5. The molecule has 1 aliphatic rings. The van der Waals surface area contributed by atoms with E-state index in [9.17, 15) is 9.18 Å². The van der Waals surface area contributed by atoms with E-state index in [1.807, 2.05) is 37.3 Å². The molecule has 0 spiro atoms. The summed E-state index contributed by atoms with van der Waals surface area (Å²) < 4.78 is 18.5. The number of aromatic nitrogens is 2.